The van der Waals surface area contributed by atoms with Crippen LogP contribution in [0.25, 0.3) is 10.9 Å². The second-order valence-electron chi connectivity index (χ2n) is 3.24. The van der Waals surface area contributed by atoms with Gasteiger partial charge < -0.3 is 10.1 Å². The van der Waals surface area contributed by atoms with E-state index in [1.54, 1.807) is 6.07 Å². The van der Waals surface area contributed by atoms with E-state index in [9.17, 15) is 14.4 Å². The van der Waals surface area contributed by atoms with Gasteiger partial charge in [0.15, 0.2) is 11.7 Å². The van der Waals surface area contributed by atoms with Crippen LogP contribution in [0.3, 0.4) is 0 Å². The average molecular weight is 217 g/mol. The topological polar surface area (TPSA) is 87.2 Å². The number of carboxylic acid groups (broad SMARTS) is 1. The molecule has 5 nitrogen and oxygen atoms in total. The van der Waals surface area contributed by atoms with Crippen LogP contribution in [0.4, 0.5) is 0 Å². The van der Waals surface area contributed by atoms with E-state index in [4.69, 9.17) is 5.11 Å². The van der Waals surface area contributed by atoms with E-state index >= 15 is 0 Å². The summed E-state index contributed by atoms with van der Waals surface area (Å²) in [5.74, 6) is -1.17. The Morgan fingerprint density at radius 3 is 2.75 bits per heavy atom. The number of aromatic carboxylic acids is 1. The number of benzene rings is 1. The number of carboxylic acids is 1. The third-order valence-corrected chi connectivity index (χ3v) is 2.23. The van der Waals surface area contributed by atoms with Crippen molar-refractivity contribution in [3.8, 4) is 0 Å². The van der Waals surface area contributed by atoms with Crippen molar-refractivity contribution in [3.63, 3.8) is 0 Å². The maximum atomic E-state index is 11.6. The second kappa shape index (κ2) is 3.62. The fourth-order valence-electron chi connectivity index (χ4n) is 1.57. The SMILES string of the molecule is O=Cc1cc(=O)c2c(C(=O)O)cccc2[nH]1. The van der Waals surface area contributed by atoms with Gasteiger partial charge in [0.05, 0.1) is 22.2 Å². The van der Waals surface area contributed by atoms with Crippen LogP contribution >= 0.6 is 0 Å². The van der Waals surface area contributed by atoms with Crippen molar-refractivity contribution in [1.82, 2.24) is 4.98 Å². The van der Waals surface area contributed by atoms with Crippen LogP contribution in [0.2, 0.25) is 0 Å². The van der Waals surface area contributed by atoms with Crippen LogP contribution in [-0.2, 0) is 0 Å². The summed E-state index contributed by atoms with van der Waals surface area (Å²) >= 11 is 0. The maximum Gasteiger partial charge on any atom is 0.336 e. The van der Waals surface area contributed by atoms with Gasteiger partial charge in [-0.25, -0.2) is 4.79 Å². The first kappa shape index (κ1) is 10.1. The van der Waals surface area contributed by atoms with Crippen molar-refractivity contribution in [2.75, 3.05) is 0 Å². The number of aromatic nitrogens is 1. The van der Waals surface area contributed by atoms with Crippen LogP contribution in [0.15, 0.2) is 29.1 Å². The lowest BCUT2D eigenvalue weighted by atomic mass is 10.1. The smallest absolute Gasteiger partial charge is 0.336 e. The quantitative estimate of drug-likeness (QED) is 0.735. The fraction of sp³-hybridized carbons (Fsp3) is 0. The van der Waals surface area contributed by atoms with Crippen molar-refractivity contribution in [3.05, 3.63) is 45.7 Å². The van der Waals surface area contributed by atoms with Crippen LogP contribution in [0, 0.1) is 0 Å². The first-order chi connectivity index (χ1) is 7.63. The van der Waals surface area contributed by atoms with E-state index < -0.39 is 11.4 Å². The van der Waals surface area contributed by atoms with E-state index in [1.165, 1.54) is 12.1 Å². The van der Waals surface area contributed by atoms with E-state index in [0.717, 1.165) is 6.07 Å². The molecule has 0 spiro atoms. The number of aromatic amines is 1. The van der Waals surface area contributed by atoms with Crippen molar-refractivity contribution in [1.29, 1.82) is 0 Å². The zero-order valence-electron chi connectivity index (χ0n) is 8.06. The number of hydrogen-bond donors (Lipinski definition) is 2. The molecule has 0 saturated carbocycles. The van der Waals surface area contributed by atoms with Gasteiger partial charge in [-0.3, -0.25) is 9.59 Å². The third kappa shape index (κ3) is 1.48. The largest absolute Gasteiger partial charge is 0.478 e. The minimum Gasteiger partial charge on any atom is -0.478 e. The minimum absolute atomic E-state index is 0.0730. The number of carbonyl (C=O) groups excluding carboxylic acids is 1. The number of rotatable bonds is 2. The Morgan fingerprint density at radius 2 is 2.12 bits per heavy atom. The molecular weight excluding hydrogens is 210 g/mol. The lowest BCUT2D eigenvalue weighted by Crippen LogP contribution is -2.10. The Labute approximate surface area is 89.3 Å². The molecule has 1 aromatic carbocycles. The highest BCUT2D eigenvalue weighted by Crippen LogP contribution is 2.13. The summed E-state index contributed by atoms with van der Waals surface area (Å²) < 4.78 is 0. The standard InChI is InChI=1S/C11H7NO4/c13-5-6-4-9(14)10-7(11(15)16)2-1-3-8(10)12-6/h1-5H,(H,12,14)(H,15,16). The zero-order valence-corrected chi connectivity index (χ0v) is 8.06. The molecule has 0 amide bonds. The number of pyridine rings is 1. The first-order valence-corrected chi connectivity index (χ1v) is 4.48. The molecule has 0 fully saturated rings. The molecular formula is C11H7NO4. The molecule has 0 atom stereocenters. The average Bonchev–Trinajstić information content (AvgIpc) is 2.27. The van der Waals surface area contributed by atoms with Gasteiger partial charge >= 0.3 is 5.97 Å². The Bertz CT molecular complexity index is 642. The summed E-state index contributed by atoms with van der Waals surface area (Å²) in [5, 5.41) is 9.00. The molecule has 0 saturated heterocycles. The lowest BCUT2D eigenvalue weighted by molar-refractivity contribution is 0.0699. The first-order valence-electron chi connectivity index (χ1n) is 4.48. The van der Waals surface area contributed by atoms with Gasteiger partial charge in [-0.1, -0.05) is 6.07 Å². The molecule has 2 N–H and O–H groups in total. The van der Waals surface area contributed by atoms with E-state index in [-0.39, 0.29) is 16.6 Å². The molecule has 1 heterocycles. The van der Waals surface area contributed by atoms with Gasteiger partial charge in [-0.2, -0.15) is 0 Å². The van der Waals surface area contributed by atoms with Gasteiger partial charge in [0.25, 0.3) is 0 Å². The number of carbonyl (C=O) groups is 2. The molecule has 16 heavy (non-hydrogen) atoms. The van der Waals surface area contributed by atoms with Crippen molar-refractivity contribution in [2.45, 2.75) is 0 Å². The molecule has 5 heteroatoms. The van der Waals surface area contributed by atoms with E-state index in [0.29, 0.717) is 11.8 Å². The second-order valence-corrected chi connectivity index (χ2v) is 3.24. The highest BCUT2D eigenvalue weighted by atomic mass is 16.4. The number of nitrogens with one attached hydrogen (secondary N) is 1. The van der Waals surface area contributed by atoms with Crippen LogP contribution in [0.1, 0.15) is 20.8 Å². The molecule has 0 aliphatic carbocycles. The van der Waals surface area contributed by atoms with Crippen LogP contribution < -0.4 is 5.43 Å². The van der Waals surface area contributed by atoms with Crippen molar-refractivity contribution >= 4 is 23.2 Å². The number of H-pyrrole nitrogens is 1. The summed E-state index contributed by atoms with van der Waals surface area (Å²) in [6.07, 6.45) is 0.508. The molecule has 0 aliphatic rings. The summed E-state index contributed by atoms with van der Waals surface area (Å²) in [4.78, 5) is 35.8. The highest BCUT2D eigenvalue weighted by molar-refractivity contribution is 6.02. The molecule has 0 aliphatic heterocycles. The Hall–Kier alpha value is -2.43. The molecule has 0 bridgehead atoms. The van der Waals surface area contributed by atoms with Crippen molar-refractivity contribution < 1.29 is 14.7 Å². The van der Waals surface area contributed by atoms with Crippen molar-refractivity contribution in [2.24, 2.45) is 0 Å². The zero-order chi connectivity index (χ0) is 11.7. The summed E-state index contributed by atoms with van der Waals surface area (Å²) in [6, 6.07) is 5.49. The molecule has 2 rings (SSSR count). The van der Waals surface area contributed by atoms with Crippen LogP contribution in [0.5, 0.6) is 0 Å². The summed E-state index contributed by atoms with van der Waals surface area (Å²) in [5.41, 5.74) is -0.0837. The summed E-state index contributed by atoms with van der Waals surface area (Å²) in [7, 11) is 0. The predicted molar refractivity (Wildman–Crippen MR) is 56.9 cm³/mol. The van der Waals surface area contributed by atoms with Gasteiger partial charge in [0.2, 0.25) is 0 Å². The van der Waals surface area contributed by atoms with E-state index in [1.807, 2.05) is 0 Å². The Kier molecular flexibility index (Phi) is 2.28. The number of fused-ring (bicyclic) bond motifs is 1. The number of aldehydes is 1. The summed E-state index contributed by atoms with van der Waals surface area (Å²) in [6.45, 7) is 0. The fourth-order valence-corrected chi connectivity index (χ4v) is 1.57. The van der Waals surface area contributed by atoms with Gasteiger partial charge in [0, 0.05) is 6.07 Å². The third-order valence-electron chi connectivity index (χ3n) is 2.23. The Morgan fingerprint density at radius 1 is 1.38 bits per heavy atom. The monoisotopic (exact) mass is 217 g/mol. The van der Waals surface area contributed by atoms with E-state index in [2.05, 4.69) is 4.98 Å². The van der Waals surface area contributed by atoms with Crippen LogP contribution in [-0.4, -0.2) is 22.3 Å². The lowest BCUT2D eigenvalue weighted by Gasteiger charge is -2.02. The molecule has 0 radical (unpaired) electrons. The molecule has 1 aromatic heterocycles. The normalized spacial score (nSPS) is 10.2. The molecule has 2 aromatic rings. The highest BCUT2D eigenvalue weighted by Gasteiger charge is 2.11. The van der Waals surface area contributed by atoms with Gasteiger partial charge in [0.1, 0.15) is 0 Å². The predicted octanol–water partition coefficient (Wildman–Crippen LogP) is 1.04. The molecule has 80 valence electrons. The molecule has 0 unspecified atom stereocenters. The maximum absolute atomic E-state index is 11.6. The van der Waals surface area contributed by atoms with Gasteiger partial charge in [-0.15, -0.1) is 0 Å². The van der Waals surface area contributed by atoms with Gasteiger partial charge in [-0.05, 0) is 12.1 Å². The number of hydrogen-bond acceptors (Lipinski definition) is 3. The minimum atomic E-state index is -1.17. The Balaban J connectivity index is 2.94.